The molecule has 0 spiro atoms. The second kappa shape index (κ2) is 8.74. The van der Waals surface area contributed by atoms with Crippen LogP contribution in [0.4, 0.5) is 19.0 Å². The van der Waals surface area contributed by atoms with Crippen LogP contribution in [-0.2, 0) is 6.54 Å². The van der Waals surface area contributed by atoms with Gasteiger partial charge >= 0.3 is 6.18 Å². The zero-order valence-corrected chi connectivity index (χ0v) is 17.7. The number of aromatic nitrogens is 2. The number of fused-ring (bicyclic) bond motifs is 1. The Kier molecular flexibility index (Phi) is 6.01. The number of carbonyl (C=O) groups excluding carboxylic acids is 1. The van der Waals surface area contributed by atoms with Gasteiger partial charge in [0.25, 0.3) is 5.91 Å². The Morgan fingerprint density at radius 3 is 2.53 bits per heavy atom. The molecule has 1 amide bonds. The first-order chi connectivity index (χ1) is 15.3. The zero-order chi connectivity index (χ0) is 22.9. The summed E-state index contributed by atoms with van der Waals surface area (Å²) in [5, 5.41) is 9.46. The molecule has 6 nitrogen and oxygen atoms in total. The standard InChI is InChI=1S/C22H20ClF3N4O2/c1-32-15-9-7-14(8-10-15)16-11-17(22(24,25)26)30-20(28-16)18(23)19(29-30)21(31)27-12-13-5-3-2-4-6-13/h2-10,16-17,28H,11-12H2,1H3,(H,27,31)/t16-,17+/m1/s1. The number of hydrogen-bond donors (Lipinski definition) is 2. The Hall–Kier alpha value is -3.20. The molecule has 0 saturated carbocycles. The van der Waals surface area contributed by atoms with Gasteiger partial charge in [-0.1, -0.05) is 54.1 Å². The summed E-state index contributed by atoms with van der Waals surface area (Å²) in [5.74, 6) is -0.0900. The molecule has 0 bridgehead atoms. The maximum Gasteiger partial charge on any atom is 0.410 e. The van der Waals surface area contributed by atoms with Gasteiger partial charge in [-0.2, -0.15) is 18.3 Å². The summed E-state index contributed by atoms with van der Waals surface area (Å²) >= 11 is 6.34. The molecule has 4 rings (SSSR count). The Morgan fingerprint density at radius 2 is 1.91 bits per heavy atom. The number of benzene rings is 2. The van der Waals surface area contributed by atoms with Crippen LogP contribution < -0.4 is 15.4 Å². The topological polar surface area (TPSA) is 68.2 Å². The van der Waals surface area contributed by atoms with Crippen molar-refractivity contribution in [3.05, 3.63) is 76.4 Å². The lowest BCUT2D eigenvalue weighted by atomic mass is 9.97. The number of anilines is 1. The van der Waals surface area contributed by atoms with Crippen molar-refractivity contribution in [1.82, 2.24) is 15.1 Å². The van der Waals surface area contributed by atoms with E-state index in [1.807, 2.05) is 30.3 Å². The summed E-state index contributed by atoms with van der Waals surface area (Å²) in [5.41, 5.74) is 1.22. The van der Waals surface area contributed by atoms with Gasteiger partial charge in [-0.3, -0.25) is 4.79 Å². The molecule has 0 aliphatic carbocycles. The van der Waals surface area contributed by atoms with E-state index in [2.05, 4.69) is 15.7 Å². The van der Waals surface area contributed by atoms with Crippen LogP contribution in [0.2, 0.25) is 5.02 Å². The van der Waals surface area contributed by atoms with Gasteiger partial charge in [0.15, 0.2) is 11.7 Å². The fourth-order valence-corrected chi connectivity index (χ4v) is 3.92. The third-order valence-corrected chi connectivity index (χ3v) is 5.68. The predicted molar refractivity (Wildman–Crippen MR) is 114 cm³/mol. The summed E-state index contributed by atoms with van der Waals surface area (Å²) in [6.45, 7) is 0.197. The highest BCUT2D eigenvalue weighted by atomic mass is 35.5. The van der Waals surface area contributed by atoms with Gasteiger partial charge in [0.2, 0.25) is 0 Å². The summed E-state index contributed by atoms with van der Waals surface area (Å²) in [6.07, 6.45) is -4.87. The SMILES string of the molecule is COc1ccc([C@H]2C[C@@H](C(F)(F)F)n3nc(C(=O)NCc4ccccc4)c(Cl)c3N2)cc1. The molecule has 10 heteroatoms. The maximum atomic E-state index is 13.9. The molecule has 0 fully saturated rings. The number of hydrogen-bond acceptors (Lipinski definition) is 4. The van der Waals surface area contributed by atoms with Crippen LogP contribution in [0.25, 0.3) is 0 Å². The van der Waals surface area contributed by atoms with E-state index in [0.29, 0.717) is 11.3 Å². The van der Waals surface area contributed by atoms with Gasteiger partial charge in [0, 0.05) is 13.0 Å². The minimum Gasteiger partial charge on any atom is -0.497 e. The first-order valence-electron chi connectivity index (χ1n) is 9.85. The summed E-state index contributed by atoms with van der Waals surface area (Å²) < 4.78 is 47.5. The van der Waals surface area contributed by atoms with Gasteiger partial charge < -0.3 is 15.4 Å². The van der Waals surface area contributed by atoms with Crippen LogP contribution >= 0.6 is 11.6 Å². The lowest BCUT2D eigenvalue weighted by Gasteiger charge is -2.33. The minimum absolute atomic E-state index is 0.0362. The van der Waals surface area contributed by atoms with Crippen molar-refractivity contribution in [1.29, 1.82) is 0 Å². The van der Waals surface area contributed by atoms with Crippen LogP contribution in [0, 0.1) is 0 Å². The second-order valence-electron chi connectivity index (χ2n) is 7.39. The van der Waals surface area contributed by atoms with Gasteiger partial charge in [0.1, 0.15) is 16.6 Å². The molecule has 2 atom stereocenters. The average Bonchev–Trinajstić information content (AvgIpc) is 3.13. The molecule has 2 heterocycles. The highest BCUT2D eigenvalue weighted by molar-refractivity contribution is 6.36. The summed E-state index contributed by atoms with van der Waals surface area (Å²) in [4.78, 5) is 12.6. The van der Waals surface area contributed by atoms with E-state index in [9.17, 15) is 18.0 Å². The third kappa shape index (κ3) is 4.38. The highest BCUT2D eigenvalue weighted by Crippen LogP contribution is 2.46. The third-order valence-electron chi connectivity index (χ3n) is 5.32. The van der Waals surface area contributed by atoms with E-state index in [-0.39, 0.29) is 29.5 Å². The van der Waals surface area contributed by atoms with Crippen LogP contribution in [0.3, 0.4) is 0 Å². The van der Waals surface area contributed by atoms with Crippen molar-refractivity contribution in [2.24, 2.45) is 0 Å². The van der Waals surface area contributed by atoms with Crippen LogP contribution in [-0.4, -0.2) is 29.0 Å². The quantitative estimate of drug-likeness (QED) is 0.549. The molecule has 1 aromatic heterocycles. The van der Waals surface area contributed by atoms with Crippen LogP contribution in [0.15, 0.2) is 54.6 Å². The Balaban J connectivity index is 1.63. The minimum atomic E-state index is -4.57. The van der Waals surface area contributed by atoms with E-state index >= 15 is 0 Å². The fraction of sp³-hybridized carbons (Fsp3) is 0.273. The molecule has 2 N–H and O–H groups in total. The first-order valence-corrected chi connectivity index (χ1v) is 10.2. The van der Waals surface area contributed by atoms with E-state index in [1.165, 1.54) is 7.11 Å². The predicted octanol–water partition coefficient (Wildman–Crippen LogP) is 5.14. The molecule has 0 saturated heterocycles. The van der Waals surface area contributed by atoms with E-state index in [4.69, 9.17) is 16.3 Å². The molecule has 32 heavy (non-hydrogen) atoms. The molecule has 0 unspecified atom stereocenters. The van der Waals surface area contributed by atoms with Gasteiger partial charge in [-0.05, 0) is 23.3 Å². The smallest absolute Gasteiger partial charge is 0.410 e. The number of methoxy groups -OCH3 is 1. The molecule has 168 valence electrons. The molecule has 3 aromatic rings. The number of nitrogens with one attached hydrogen (secondary N) is 2. The average molecular weight is 465 g/mol. The van der Waals surface area contributed by atoms with E-state index in [0.717, 1.165) is 10.2 Å². The molecular formula is C22H20ClF3N4O2. The number of rotatable bonds is 5. The summed E-state index contributed by atoms with van der Waals surface area (Å²) in [6, 6.07) is 13.3. The summed E-state index contributed by atoms with van der Waals surface area (Å²) in [7, 11) is 1.51. The zero-order valence-electron chi connectivity index (χ0n) is 17.0. The van der Waals surface area contributed by atoms with Crippen LogP contribution in [0.1, 0.15) is 40.1 Å². The second-order valence-corrected chi connectivity index (χ2v) is 7.77. The number of carbonyl (C=O) groups is 1. The van der Waals surface area contributed by atoms with Crippen molar-refractivity contribution in [2.45, 2.75) is 31.2 Å². The van der Waals surface area contributed by atoms with Crippen molar-refractivity contribution in [3.8, 4) is 5.75 Å². The number of amides is 1. The largest absolute Gasteiger partial charge is 0.497 e. The van der Waals surface area contributed by atoms with E-state index < -0.39 is 24.2 Å². The molecule has 1 aliphatic rings. The van der Waals surface area contributed by atoms with Gasteiger partial charge in [-0.15, -0.1) is 0 Å². The number of alkyl halides is 3. The lowest BCUT2D eigenvalue weighted by molar-refractivity contribution is -0.173. The van der Waals surface area contributed by atoms with Gasteiger partial charge in [-0.25, -0.2) is 4.68 Å². The van der Waals surface area contributed by atoms with Crippen molar-refractivity contribution in [2.75, 3.05) is 12.4 Å². The lowest BCUT2D eigenvalue weighted by Crippen LogP contribution is -2.35. The number of halogens is 4. The Bertz CT molecular complexity index is 1100. The number of ether oxygens (including phenoxy) is 1. The molecular weight excluding hydrogens is 445 g/mol. The monoisotopic (exact) mass is 464 g/mol. The van der Waals surface area contributed by atoms with Crippen molar-refractivity contribution in [3.63, 3.8) is 0 Å². The molecule has 1 aliphatic heterocycles. The van der Waals surface area contributed by atoms with Crippen molar-refractivity contribution < 1.29 is 22.7 Å². The molecule has 2 aromatic carbocycles. The normalized spacial score (nSPS) is 17.9. The van der Waals surface area contributed by atoms with E-state index in [1.54, 1.807) is 24.3 Å². The Morgan fingerprint density at radius 1 is 1.22 bits per heavy atom. The number of nitrogens with zero attached hydrogens (tertiary/aromatic N) is 2. The van der Waals surface area contributed by atoms with Crippen molar-refractivity contribution >= 4 is 23.3 Å². The first kappa shape index (κ1) is 22.0. The highest BCUT2D eigenvalue weighted by Gasteiger charge is 2.47. The van der Waals surface area contributed by atoms with Gasteiger partial charge in [0.05, 0.1) is 13.2 Å². The molecule has 0 radical (unpaired) electrons. The Labute approximate surface area is 187 Å². The fourth-order valence-electron chi connectivity index (χ4n) is 3.65. The van der Waals surface area contributed by atoms with Crippen LogP contribution in [0.5, 0.6) is 5.75 Å². The maximum absolute atomic E-state index is 13.9.